The van der Waals surface area contributed by atoms with Crippen LogP contribution in [0.25, 0.3) is 11.7 Å². The number of pyridine rings is 1. The molecule has 0 amide bonds. The topological polar surface area (TPSA) is 54.7 Å². The second-order valence-corrected chi connectivity index (χ2v) is 8.02. The van der Waals surface area contributed by atoms with Gasteiger partial charge in [-0.3, -0.25) is 4.31 Å². The number of nitrogens with zero attached hydrogens (tertiary/aromatic N) is 3. The molecular weight excluding hydrogens is 370 g/mol. The number of benzene rings is 2. The van der Waals surface area contributed by atoms with E-state index in [2.05, 4.69) is 4.98 Å². The molecule has 0 radical (unpaired) electrons. The number of fused-ring (bicyclic) bond motifs is 1. The molecule has 0 spiro atoms. The Labute approximate surface area is 164 Å². The van der Waals surface area contributed by atoms with E-state index < -0.39 is 10.0 Å². The fourth-order valence-corrected chi connectivity index (χ4v) is 4.18. The van der Waals surface area contributed by atoms with E-state index in [4.69, 9.17) is 0 Å². The highest BCUT2D eigenvalue weighted by molar-refractivity contribution is 7.95. The second-order valence-electron chi connectivity index (χ2n) is 6.28. The van der Waals surface area contributed by atoms with Gasteiger partial charge < -0.3 is 4.40 Å². The minimum Gasteiger partial charge on any atom is -0.302 e. The van der Waals surface area contributed by atoms with Crippen molar-refractivity contribution in [2.24, 2.45) is 0 Å². The molecule has 0 aliphatic carbocycles. The fraction of sp³-hybridized carbons (Fsp3) is 0.0455. The van der Waals surface area contributed by atoms with Crippen LogP contribution in [0.15, 0.2) is 96.7 Å². The minimum absolute atomic E-state index is 0.177. The average molecular weight is 389 g/mol. The zero-order valence-corrected chi connectivity index (χ0v) is 15.9. The van der Waals surface area contributed by atoms with Gasteiger partial charge in [-0.1, -0.05) is 54.6 Å². The average Bonchev–Trinajstić information content (AvgIpc) is 3.15. The van der Waals surface area contributed by atoms with Crippen molar-refractivity contribution in [2.75, 3.05) is 4.31 Å². The molecule has 0 aliphatic heterocycles. The van der Waals surface area contributed by atoms with Crippen LogP contribution < -0.4 is 4.31 Å². The SMILES string of the molecule is O=S(=O)(C=Cc1ccccc1)N(Cc1cnc2ccccn12)c1ccccc1. The Balaban J connectivity index is 1.72. The van der Waals surface area contributed by atoms with Crippen LogP contribution in [-0.2, 0) is 16.6 Å². The zero-order chi connectivity index (χ0) is 19.4. The van der Waals surface area contributed by atoms with Crippen molar-refractivity contribution in [1.82, 2.24) is 9.38 Å². The Morgan fingerprint density at radius 3 is 2.32 bits per heavy atom. The summed E-state index contributed by atoms with van der Waals surface area (Å²) >= 11 is 0. The smallest absolute Gasteiger partial charge is 0.257 e. The van der Waals surface area contributed by atoms with Gasteiger partial charge in [0.15, 0.2) is 0 Å². The first-order valence-corrected chi connectivity index (χ1v) is 10.4. The number of anilines is 1. The first-order valence-electron chi connectivity index (χ1n) is 8.85. The van der Waals surface area contributed by atoms with Crippen LogP contribution in [0.3, 0.4) is 0 Å². The van der Waals surface area contributed by atoms with E-state index in [0.717, 1.165) is 16.9 Å². The molecule has 6 heteroatoms. The largest absolute Gasteiger partial charge is 0.302 e. The Hall–Kier alpha value is -3.38. The molecule has 140 valence electrons. The maximum Gasteiger partial charge on any atom is 0.257 e. The monoisotopic (exact) mass is 389 g/mol. The molecule has 5 nitrogen and oxygen atoms in total. The van der Waals surface area contributed by atoms with Crippen LogP contribution in [-0.4, -0.2) is 17.8 Å². The van der Waals surface area contributed by atoms with Crippen molar-refractivity contribution in [1.29, 1.82) is 0 Å². The lowest BCUT2D eigenvalue weighted by Gasteiger charge is -2.22. The lowest BCUT2D eigenvalue weighted by molar-refractivity contribution is 0.598. The number of para-hydroxylation sites is 1. The maximum absolute atomic E-state index is 13.2. The standard InChI is InChI=1S/C22H19N3O2S/c26-28(27,16-14-19-9-3-1-4-10-19)25(20-11-5-2-6-12-20)18-21-17-23-22-13-7-8-15-24(21)22/h1-17H,18H2. The maximum atomic E-state index is 13.2. The molecule has 0 atom stereocenters. The predicted octanol–water partition coefficient (Wildman–Crippen LogP) is 4.34. The van der Waals surface area contributed by atoms with E-state index in [0.29, 0.717) is 5.69 Å². The van der Waals surface area contributed by atoms with Crippen LogP contribution in [0.1, 0.15) is 11.3 Å². The van der Waals surface area contributed by atoms with Crippen molar-refractivity contribution in [3.05, 3.63) is 108 Å². The highest BCUT2D eigenvalue weighted by Gasteiger charge is 2.21. The molecule has 4 rings (SSSR count). The van der Waals surface area contributed by atoms with Gasteiger partial charge in [0.2, 0.25) is 0 Å². The number of hydrogen-bond acceptors (Lipinski definition) is 3. The third-order valence-corrected chi connectivity index (χ3v) is 5.82. The summed E-state index contributed by atoms with van der Waals surface area (Å²) in [7, 11) is -3.71. The molecule has 0 unspecified atom stereocenters. The number of aromatic nitrogens is 2. The van der Waals surface area contributed by atoms with Gasteiger partial charge in [0.25, 0.3) is 10.0 Å². The highest BCUT2D eigenvalue weighted by Crippen LogP contribution is 2.23. The van der Waals surface area contributed by atoms with Gasteiger partial charge in [-0.2, -0.15) is 0 Å². The lowest BCUT2D eigenvalue weighted by Crippen LogP contribution is -2.29. The van der Waals surface area contributed by atoms with Gasteiger partial charge in [-0.15, -0.1) is 0 Å². The number of rotatable bonds is 6. The molecule has 4 aromatic rings. The third-order valence-electron chi connectivity index (χ3n) is 4.38. The van der Waals surface area contributed by atoms with Gasteiger partial charge in [-0.05, 0) is 35.9 Å². The summed E-state index contributed by atoms with van der Waals surface area (Å²) in [6.07, 6.45) is 5.20. The van der Waals surface area contributed by atoms with Gasteiger partial charge >= 0.3 is 0 Å². The predicted molar refractivity (Wildman–Crippen MR) is 112 cm³/mol. The van der Waals surface area contributed by atoms with E-state index in [1.165, 1.54) is 9.71 Å². The quantitative estimate of drug-likeness (QED) is 0.493. The summed E-state index contributed by atoms with van der Waals surface area (Å²) < 4.78 is 29.6. The summed E-state index contributed by atoms with van der Waals surface area (Å²) in [5, 5.41) is 1.25. The van der Waals surface area contributed by atoms with Gasteiger partial charge in [0.1, 0.15) is 5.65 Å². The summed E-state index contributed by atoms with van der Waals surface area (Å²) in [6.45, 7) is 0.177. The van der Waals surface area contributed by atoms with E-state index >= 15 is 0 Å². The van der Waals surface area contributed by atoms with Crippen molar-refractivity contribution in [3.63, 3.8) is 0 Å². The summed E-state index contributed by atoms with van der Waals surface area (Å²) in [4.78, 5) is 4.36. The molecule has 2 aromatic carbocycles. The van der Waals surface area contributed by atoms with Crippen molar-refractivity contribution in [2.45, 2.75) is 6.54 Å². The van der Waals surface area contributed by atoms with Crippen LogP contribution >= 0.6 is 0 Å². The van der Waals surface area contributed by atoms with E-state index in [-0.39, 0.29) is 6.54 Å². The molecule has 0 saturated heterocycles. The van der Waals surface area contributed by atoms with E-state index in [1.807, 2.05) is 77.3 Å². The van der Waals surface area contributed by atoms with Crippen LogP contribution in [0.2, 0.25) is 0 Å². The molecule has 0 N–H and O–H groups in total. The summed E-state index contributed by atoms with van der Waals surface area (Å²) in [5.41, 5.74) is 3.00. The second kappa shape index (κ2) is 7.70. The molecule has 2 aromatic heterocycles. The van der Waals surface area contributed by atoms with Crippen molar-refractivity contribution >= 4 is 27.4 Å². The van der Waals surface area contributed by atoms with E-state index in [1.54, 1.807) is 24.4 Å². The highest BCUT2D eigenvalue weighted by atomic mass is 32.2. The van der Waals surface area contributed by atoms with Gasteiger partial charge in [0, 0.05) is 6.20 Å². The molecule has 2 heterocycles. The molecule has 0 fully saturated rings. The molecule has 0 bridgehead atoms. The number of sulfonamides is 1. The number of imidazole rings is 1. The van der Waals surface area contributed by atoms with Crippen LogP contribution in [0.5, 0.6) is 0 Å². The minimum atomic E-state index is -3.71. The first-order chi connectivity index (χ1) is 13.6. The van der Waals surface area contributed by atoms with Crippen LogP contribution in [0.4, 0.5) is 5.69 Å². The Kier molecular flexibility index (Phi) is 4.95. The Morgan fingerprint density at radius 1 is 0.893 bits per heavy atom. The zero-order valence-electron chi connectivity index (χ0n) is 15.1. The van der Waals surface area contributed by atoms with Gasteiger partial charge in [0.05, 0.1) is 29.5 Å². The lowest BCUT2D eigenvalue weighted by atomic mass is 10.2. The Morgan fingerprint density at radius 2 is 1.57 bits per heavy atom. The normalized spacial score (nSPS) is 11.9. The molecule has 0 saturated carbocycles. The molecular formula is C22H19N3O2S. The fourth-order valence-electron chi connectivity index (χ4n) is 2.97. The third kappa shape index (κ3) is 3.82. The van der Waals surface area contributed by atoms with Crippen molar-refractivity contribution in [3.8, 4) is 0 Å². The first kappa shape index (κ1) is 18.0. The van der Waals surface area contributed by atoms with Crippen molar-refractivity contribution < 1.29 is 8.42 Å². The summed E-state index contributed by atoms with van der Waals surface area (Å²) in [6, 6.07) is 24.2. The Bertz CT molecular complexity index is 1200. The van der Waals surface area contributed by atoms with Gasteiger partial charge in [-0.25, -0.2) is 13.4 Å². The van der Waals surface area contributed by atoms with E-state index in [9.17, 15) is 8.42 Å². The van der Waals surface area contributed by atoms with Crippen LogP contribution in [0, 0.1) is 0 Å². The number of hydrogen-bond donors (Lipinski definition) is 0. The molecule has 0 aliphatic rings. The summed E-state index contributed by atoms with van der Waals surface area (Å²) in [5.74, 6) is 0. The molecule has 28 heavy (non-hydrogen) atoms.